The Labute approximate surface area is 115 Å². The monoisotopic (exact) mass is 269 g/mol. The second-order valence-corrected chi connectivity index (χ2v) is 5.34. The summed E-state index contributed by atoms with van der Waals surface area (Å²) in [4.78, 5) is 17.0. The van der Waals surface area contributed by atoms with Gasteiger partial charge in [-0.3, -0.25) is 9.20 Å². The second kappa shape index (κ2) is 4.40. The summed E-state index contributed by atoms with van der Waals surface area (Å²) < 4.78 is 3.34. The molecule has 0 N–H and O–H groups in total. The number of hydrogen-bond donors (Lipinski definition) is 0. The molecule has 0 bridgehead atoms. The third kappa shape index (κ3) is 1.64. The van der Waals surface area contributed by atoms with Crippen molar-refractivity contribution in [2.45, 2.75) is 38.1 Å². The Balaban J connectivity index is 1.94. The van der Waals surface area contributed by atoms with Crippen LogP contribution in [0.25, 0.3) is 16.8 Å². The van der Waals surface area contributed by atoms with Gasteiger partial charge in [0, 0.05) is 6.20 Å². The molecule has 0 atom stereocenters. The molecule has 0 amide bonds. The van der Waals surface area contributed by atoms with Crippen LogP contribution >= 0.6 is 0 Å². The zero-order valence-electron chi connectivity index (χ0n) is 11.1. The largest absolute Gasteiger partial charge is 0.298 e. The molecule has 102 valence electrons. The molecule has 0 spiro atoms. The highest BCUT2D eigenvalue weighted by Crippen LogP contribution is 2.26. The van der Waals surface area contributed by atoms with Gasteiger partial charge in [0.25, 0.3) is 5.56 Å². The van der Waals surface area contributed by atoms with Gasteiger partial charge in [-0.15, -0.1) is 5.10 Å². The Morgan fingerprint density at radius 3 is 2.85 bits per heavy atom. The predicted octanol–water partition coefficient (Wildman–Crippen LogP) is 1.94. The van der Waals surface area contributed by atoms with Crippen LogP contribution in [0, 0.1) is 0 Å². The Kier molecular flexibility index (Phi) is 2.55. The van der Waals surface area contributed by atoms with Crippen molar-refractivity contribution in [3.63, 3.8) is 0 Å². The number of imidazole rings is 1. The number of hydrogen-bond acceptors (Lipinski definition) is 4. The number of fused-ring (bicyclic) bond motifs is 3. The minimum atomic E-state index is -0.120. The third-order valence-corrected chi connectivity index (χ3v) is 4.07. The maximum atomic E-state index is 12.6. The lowest BCUT2D eigenvalue weighted by Gasteiger charge is -2.21. The first-order valence-corrected chi connectivity index (χ1v) is 7.07. The molecule has 3 aromatic rings. The van der Waals surface area contributed by atoms with E-state index in [9.17, 15) is 4.79 Å². The summed E-state index contributed by atoms with van der Waals surface area (Å²) in [5.41, 5.74) is 1.57. The van der Waals surface area contributed by atoms with Crippen LogP contribution in [0.1, 0.15) is 38.1 Å². The fourth-order valence-electron chi connectivity index (χ4n) is 3.03. The molecule has 1 aliphatic carbocycles. The van der Waals surface area contributed by atoms with Crippen molar-refractivity contribution < 1.29 is 0 Å². The van der Waals surface area contributed by atoms with Gasteiger partial charge in [-0.1, -0.05) is 30.5 Å². The molecule has 3 heterocycles. The van der Waals surface area contributed by atoms with E-state index in [0.29, 0.717) is 11.2 Å². The highest BCUT2D eigenvalue weighted by molar-refractivity contribution is 5.74. The van der Waals surface area contributed by atoms with Crippen LogP contribution in [-0.2, 0) is 0 Å². The van der Waals surface area contributed by atoms with E-state index in [4.69, 9.17) is 0 Å². The highest BCUT2D eigenvalue weighted by atomic mass is 16.1. The number of aromatic nitrogens is 5. The molecule has 0 radical (unpaired) electrons. The molecule has 6 heteroatoms. The Morgan fingerprint density at radius 1 is 1.15 bits per heavy atom. The van der Waals surface area contributed by atoms with Crippen molar-refractivity contribution >= 4 is 16.8 Å². The third-order valence-electron chi connectivity index (χ3n) is 4.07. The SMILES string of the molecule is O=c1c2nc3ccccn3c2nnn1C1CCCCC1. The molecule has 3 aromatic heterocycles. The second-order valence-electron chi connectivity index (χ2n) is 5.34. The van der Waals surface area contributed by atoms with Crippen molar-refractivity contribution in [1.82, 2.24) is 24.4 Å². The van der Waals surface area contributed by atoms with Crippen LogP contribution in [0.3, 0.4) is 0 Å². The van der Waals surface area contributed by atoms with E-state index >= 15 is 0 Å². The standard InChI is InChI=1S/C14H15N5O/c20-14-12-13(18-9-5-4-8-11(18)15-12)16-17-19(14)10-6-2-1-3-7-10/h4-5,8-10H,1-3,6-7H2. The number of nitrogens with zero attached hydrogens (tertiary/aromatic N) is 5. The van der Waals surface area contributed by atoms with E-state index in [-0.39, 0.29) is 11.6 Å². The summed E-state index contributed by atoms with van der Waals surface area (Å²) in [6, 6.07) is 5.83. The topological polar surface area (TPSA) is 65.1 Å². The molecular weight excluding hydrogens is 254 g/mol. The van der Waals surface area contributed by atoms with E-state index in [1.807, 2.05) is 24.4 Å². The van der Waals surface area contributed by atoms with Crippen LogP contribution in [0.5, 0.6) is 0 Å². The molecule has 0 unspecified atom stereocenters. The maximum absolute atomic E-state index is 12.6. The average molecular weight is 269 g/mol. The van der Waals surface area contributed by atoms with Gasteiger partial charge in [0.05, 0.1) is 6.04 Å². The Hall–Kier alpha value is -2.24. The number of rotatable bonds is 1. The van der Waals surface area contributed by atoms with Gasteiger partial charge in [-0.05, 0) is 25.0 Å². The first kappa shape index (κ1) is 11.6. The molecule has 4 rings (SSSR count). The molecule has 0 aliphatic heterocycles. The van der Waals surface area contributed by atoms with Crippen LogP contribution in [0.4, 0.5) is 0 Å². The van der Waals surface area contributed by atoms with Gasteiger partial charge in [0.2, 0.25) is 0 Å². The van der Waals surface area contributed by atoms with Crippen molar-refractivity contribution in [3.8, 4) is 0 Å². The summed E-state index contributed by atoms with van der Waals surface area (Å²) in [7, 11) is 0. The first-order valence-electron chi connectivity index (χ1n) is 7.07. The summed E-state index contributed by atoms with van der Waals surface area (Å²) in [6.45, 7) is 0. The summed E-state index contributed by atoms with van der Waals surface area (Å²) in [6.07, 6.45) is 7.42. The van der Waals surface area contributed by atoms with E-state index in [1.54, 1.807) is 4.40 Å². The van der Waals surface area contributed by atoms with Crippen LogP contribution in [0.15, 0.2) is 29.2 Å². The molecule has 1 fully saturated rings. The van der Waals surface area contributed by atoms with Gasteiger partial charge in [-0.25, -0.2) is 9.67 Å². The Morgan fingerprint density at radius 2 is 2.00 bits per heavy atom. The zero-order chi connectivity index (χ0) is 13.5. The summed E-state index contributed by atoms with van der Waals surface area (Å²) in [5.74, 6) is 0. The van der Waals surface area contributed by atoms with Crippen molar-refractivity contribution in [2.75, 3.05) is 0 Å². The quantitative estimate of drug-likeness (QED) is 0.677. The maximum Gasteiger partial charge on any atom is 0.298 e. The molecule has 0 saturated heterocycles. The fourth-order valence-corrected chi connectivity index (χ4v) is 3.03. The predicted molar refractivity (Wildman–Crippen MR) is 74.7 cm³/mol. The van der Waals surface area contributed by atoms with E-state index in [1.165, 1.54) is 11.1 Å². The lowest BCUT2D eigenvalue weighted by molar-refractivity contribution is 0.311. The highest BCUT2D eigenvalue weighted by Gasteiger charge is 2.20. The lowest BCUT2D eigenvalue weighted by Crippen LogP contribution is -2.29. The van der Waals surface area contributed by atoms with E-state index in [2.05, 4.69) is 15.3 Å². The van der Waals surface area contributed by atoms with Gasteiger partial charge in [0.1, 0.15) is 5.65 Å². The molecular formula is C14H15N5O. The van der Waals surface area contributed by atoms with E-state index < -0.39 is 0 Å². The minimum absolute atomic E-state index is 0.120. The smallest absolute Gasteiger partial charge is 0.282 e. The first-order chi connectivity index (χ1) is 9.84. The Bertz CT molecular complexity index is 828. The van der Waals surface area contributed by atoms with E-state index in [0.717, 1.165) is 31.3 Å². The summed E-state index contributed by atoms with van der Waals surface area (Å²) >= 11 is 0. The molecule has 1 saturated carbocycles. The van der Waals surface area contributed by atoms with Crippen molar-refractivity contribution in [1.29, 1.82) is 0 Å². The zero-order valence-corrected chi connectivity index (χ0v) is 11.1. The van der Waals surface area contributed by atoms with Gasteiger partial charge in [-0.2, -0.15) is 0 Å². The normalized spacial score (nSPS) is 17.0. The molecule has 0 aromatic carbocycles. The molecule has 20 heavy (non-hydrogen) atoms. The molecule has 1 aliphatic rings. The molecule has 6 nitrogen and oxygen atoms in total. The van der Waals surface area contributed by atoms with Gasteiger partial charge >= 0.3 is 0 Å². The lowest BCUT2D eigenvalue weighted by atomic mass is 9.96. The average Bonchev–Trinajstić information content (AvgIpc) is 2.88. The van der Waals surface area contributed by atoms with Crippen molar-refractivity contribution in [3.05, 3.63) is 34.7 Å². The van der Waals surface area contributed by atoms with Gasteiger partial charge < -0.3 is 0 Å². The number of pyridine rings is 1. The van der Waals surface area contributed by atoms with Crippen LogP contribution < -0.4 is 5.56 Å². The minimum Gasteiger partial charge on any atom is -0.282 e. The van der Waals surface area contributed by atoms with Crippen molar-refractivity contribution in [2.24, 2.45) is 0 Å². The summed E-state index contributed by atoms with van der Waals surface area (Å²) in [5, 5.41) is 8.36. The van der Waals surface area contributed by atoms with Crippen LogP contribution in [-0.4, -0.2) is 24.4 Å². The fraction of sp³-hybridized carbons (Fsp3) is 0.429. The van der Waals surface area contributed by atoms with Gasteiger partial charge in [0.15, 0.2) is 11.2 Å². The van der Waals surface area contributed by atoms with Crippen LogP contribution in [0.2, 0.25) is 0 Å².